The second-order valence-electron chi connectivity index (χ2n) is 3.59. The third-order valence-corrected chi connectivity index (χ3v) is 2.38. The Kier molecular flexibility index (Phi) is 4.90. The van der Waals surface area contributed by atoms with Crippen LogP contribution in [0.3, 0.4) is 0 Å². The number of halogens is 1. The third kappa shape index (κ3) is 3.71. The van der Waals surface area contributed by atoms with Crippen LogP contribution in [-0.4, -0.2) is 37.9 Å². The lowest BCUT2D eigenvalue weighted by Crippen LogP contribution is -2.23. The molecule has 0 amide bonds. The Morgan fingerprint density at radius 1 is 1.53 bits per heavy atom. The van der Waals surface area contributed by atoms with Gasteiger partial charge in [0.15, 0.2) is 0 Å². The summed E-state index contributed by atoms with van der Waals surface area (Å²) in [6.07, 6.45) is 0. The third-order valence-electron chi connectivity index (χ3n) is 2.38. The molecule has 1 aromatic rings. The minimum atomic E-state index is -1.13. The standard InChI is InChI=1S/C12H16FNO3/c1-3-17-7-6-14(2)11-5-4-9(12(15)16)8-10(11)13/h4-5,8H,3,6-7H2,1-2H3,(H,15,16). The number of carboxylic acids is 1. The van der Waals surface area contributed by atoms with Crippen molar-refractivity contribution in [1.29, 1.82) is 0 Å². The molecule has 94 valence electrons. The van der Waals surface area contributed by atoms with E-state index in [-0.39, 0.29) is 5.56 Å². The maximum absolute atomic E-state index is 13.6. The Hall–Kier alpha value is -1.62. The van der Waals surface area contributed by atoms with Crippen molar-refractivity contribution in [2.75, 3.05) is 31.7 Å². The monoisotopic (exact) mass is 241 g/mol. The van der Waals surface area contributed by atoms with Gasteiger partial charge in [-0.25, -0.2) is 9.18 Å². The van der Waals surface area contributed by atoms with Crippen molar-refractivity contribution in [3.8, 4) is 0 Å². The van der Waals surface area contributed by atoms with Crippen LogP contribution in [0, 0.1) is 5.82 Å². The van der Waals surface area contributed by atoms with E-state index in [1.165, 1.54) is 12.1 Å². The second-order valence-corrected chi connectivity index (χ2v) is 3.59. The number of benzene rings is 1. The molecule has 0 aliphatic rings. The van der Waals surface area contributed by atoms with Gasteiger partial charge in [-0.2, -0.15) is 0 Å². The molecule has 0 unspecified atom stereocenters. The molecule has 0 fully saturated rings. The van der Waals surface area contributed by atoms with E-state index in [1.807, 2.05) is 6.92 Å². The summed E-state index contributed by atoms with van der Waals surface area (Å²) in [5.74, 6) is -1.67. The molecule has 5 heteroatoms. The average molecular weight is 241 g/mol. The highest BCUT2D eigenvalue weighted by molar-refractivity contribution is 5.88. The minimum absolute atomic E-state index is 0.0514. The number of anilines is 1. The van der Waals surface area contributed by atoms with Crippen LogP contribution in [-0.2, 0) is 4.74 Å². The molecule has 4 nitrogen and oxygen atoms in total. The summed E-state index contributed by atoms with van der Waals surface area (Å²) in [6.45, 7) is 3.57. The van der Waals surface area contributed by atoms with Gasteiger partial charge in [-0.1, -0.05) is 0 Å². The molecular formula is C12H16FNO3. The van der Waals surface area contributed by atoms with Crippen LogP contribution >= 0.6 is 0 Å². The fourth-order valence-corrected chi connectivity index (χ4v) is 1.42. The SMILES string of the molecule is CCOCCN(C)c1ccc(C(=O)O)cc1F. The van der Waals surface area contributed by atoms with E-state index in [1.54, 1.807) is 11.9 Å². The van der Waals surface area contributed by atoms with Crippen molar-refractivity contribution >= 4 is 11.7 Å². The molecule has 0 spiro atoms. The van der Waals surface area contributed by atoms with Gasteiger partial charge in [0.05, 0.1) is 17.9 Å². The quantitative estimate of drug-likeness (QED) is 0.774. The normalized spacial score (nSPS) is 10.3. The van der Waals surface area contributed by atoms with Crippen LogP contribution in [0.25, 0.3) is 0 Å². The van der Waals surface area contributed by atoms with E-state index in [4.69, 9.17) is 9.84 Å². The fraction of sp³-hybridized carbons (Fsp3) is 0.417. The minimum Gasteiger partial charge on any atom is -0.478 e. The van der Waals surface area contributed by atoms with Crippen molar-refractivity contribution in [2.24, 2.45) is 0 Å². The molecule has 1 aromatic carbocycles. The Balaban J connectivity index is 2.74. The van der Waals surface area contributed by atoms with Crippen LogP contribution in [0.1, 0.15) is 17.3 Å². The molecule has 0 saturated carbocycles. The van der Waals surface area contributed by atoms with Crippen LogP contribution in [0.15, 0.2) is 18.2 Å². The molecule has 0 heterocycles. The summed E-state index contributed by atoms with van der Waals surface area (Å²) in [6, 6.07) is 3.87. The van der Waals surface area contributed by atoms with Crippen LogP contribution in [0.4, 0.5) is 10.1 Å². The van der Waals surface area contributed by atoms with Gasteiger partial charge in [-0.05, 0) is 25.1 Å². The maximum Gasteiger partial charge on any atom is 0.335 e. The smallest absolute Gasteiger partial charge is 0.335 e. The lowest BCUT2D eigenvalue weighted by molar-refractivity contribution is 0.0696. The Morgan fingerprint density at radius 2 is 2.24 bits per heavy atom. The van der Waals surface area contributed by atoms with Crippen molar-refractivity contribution < 1.29 is 19.0 Å². The first-order valence-corrected chi connectivity index (χ1v) is 5.38. The molecular weight excluding hydrogens is 225 g/mol. The first-order chi connectivity index (χ1) is 8.06. The largest absolute Gasteiger partial charge is 0.478 e. The van der Waals surface area contributed by atoms with Gasteiger partial charge in [0.25, 0.3) is 0 Å². The first-order valence-electron chi connectivity index (χ1n) is 5.38. The highest BCUT2D eigenvalue weighted by Gasteiger charge is 2.11. The molecule has 0 aromatic heterocycles. The van der Waals surface area contributed by atoms with Crippen molar-refractivity contribution in [3.05, 3.63) is 29.6 Å². The molecule has 1 rings (SSSR count). The highest BCUT2D eigenvalue weighted by atomic mass is 19.1. The average Bonchev–Trinajstić information content (AvgIpc) is 2.28. The number of carboxylic acid groups (broad SMARTS) is 1. The predicted octanol–water partition coefficient (Wildman–Crippen LogP) is 2.00. The number of likely N-dealkylation sites (N-methyl/N-ethyl adjacent to an activating group) is 1. The fourth-order valence-electron chi connectivity index (χ4n) is 1.42. The van der Waals surface area contributed by atoms with Crippen molar-refractivity contribution in [1.82, 2.24) is 0 Å². The van der Waals surface area contributed by atoms with E-state index in [9.17, 15) is 9.18 Å². The van der Waals surface area contributed by atoms with Gasteiger partial charge in [0.1, 0.15) is 5.82 Å². The van der Waals surface area contributed by atoms with E-state index < -0.39 is 11.8 Å². The zero-order valence-electron chi connectivity index (χ0n) is 9.94. The molecule has 0 bridgehead atoms. The van der Waals surface area contributed by atoms with Crippen LogP contribution in [0.2, 0.25) is 0 Å². The number of hydrogen-bond donors (Lipinski definition) is 1. The number of ether oxygens (including phenoxy) is 1. The lowest BCUT2D eigenvalue weighted by Gasteiger charge is -2.19. The lowest BCUT2D eigenvalue weighted by atomic mass is 10.2. The summed E-state index contributed by atoms with van der Waals surface area (Å²) >= 11 is 0. The van der Waals surface area contributed by atoms with Gasteiger partial charge in [-0.3, -0.25) is 0 Å². The van der Waals surface area contributed by atoms with E-state index in [2.05, 4.69) is 0 Å². The molecule has 0 aliphatic heterocycles. The molecule has 0 radical (unpaired) electrons. The van der Waals surface area contributed by atoms with Gasteiger partial charge in [0, 0.05) is 20.2 Å². The summed E-state index contributed by atoms with van der Waals surface area (Å²) in [4.78, 5) is 12.3. The van der Waals surface area contributed by atoms with Crippen molar-refractivity contribution in [3.63, 3.8) is 0 Å². The van der Waals surface area contributed by atoms with E-state index in [0.29, 0.717) is 25.4 Å². The maximum atomic E-state index is 13.6. The summed E-state index contributed by atoms with van der Waals surface area (Å²) in [5.41, 5.74) is 0.319. The zero-order valence-corrected chi connectivity index (χ0v) is 9.94. The molecule has 1 N–H and O–H groups in total. The van der Waals surface area contributed by atoms with Gasteiger partial charge < -0.3 is 14.7 Å². The first kappa shape index (κ1) is 13.4. The van der Waals surface area contributed by atoms with Crippen LogP contribution in [0.5, 0.6) is 0 Å². The number of rotatable bonds is 6. The molecule has 0 aliphatic carbocycles. The second kappa shape index (κ2) is 6.20. The summed E-state index contributed by atoms with van der Waals surface area (Å²) in [5, 5.41) is 8.71. The topological polar surface area (TPSA) is 49.8 Å². The Bertz CT molecular complexity index is 395. The zero-order chi connectivity index (χ0) is 12.8. The molecule has 17 heavy (non-hydrogen) atoms. The Morgan fingerprint density at radius 3 is 2.76 bits per heavy atom. The number of hydrogen-bond acceptors (Lipinski definition) is 3. The van der Waals surface area contributed by atoms with Gasteiger partial charge in [0.2, 0.25) is 0 Å². The van der Waals surface area contributed by atoms with E-state index >= 15 is 0 Å². The number of carbonyl (C=O) groups is 1. The summed E-state index contributed by atoms with van der Waals surface area (Å²) in [7, 11) is 1.73. The van der Waals surface area contributed by atoms with Gasteiger partial charge >= 0.3 is 5.97 Å². The summed E-state index contributed by atoms with van der Waals surface area (Å²) < 4.78 is 18.8. The van der Waals surface area contributed by atoms with Crippen LogP contribution < -0.4 is 4.90 Å². The predicted molar refractivity (Wildman–Crippen MR) is 63.1 cm³/mol. The molecule has 0 saturated heterocycles. The Labute approximate surface area is 99.6 Å². The van der Waals surface area contributed by atoms with E-state index in [0.717, 1.165) is 6.07 Å². The number of nitrogens with zero attached hydrogens (tertiary/aromatic N) is 1. The molecule has 0 atom stereocenters. The van der Waals surface area contributed by atoms with Gasteiger partial charge in [-0.15, -0.1) is 0 Å². The number of aromatic carboxylic acids is 1. The highest BCUT2D eigenvalue weighted by Crippen LogP contribution is 2.19. The van der Waals surface area contributed by atoms with Crippen molar-refractivity contribution in [2.45, 2.75) is 6.92 Å².